The van der Waals surface area contributed by atoms with Gasteiger partial charge in [-0.15, -0.1) is 11.3 Å². The minimum absolute atomic E-state index is 0.657. The monoisotopic (exact) mass is 314 g/mol. The van der Waals surface area contributed by atoms with E-state index in [1.54, 1.807) is 32.8 Å². The summed E-state index contributed by atoms with van der Waals surface area (Å²) >= 11 is 1.49. The van der Waals surface area contributed by atoms with Crippen LogP contribution in [0.4, 0.5) is 10.9 Å². The van der Waals surface area contributed by atoms with Crippen LogP contribution in [0.3, 0.4) is 0 Å². The average molecular weight is 314 g/mol. The summed E-state index contributed by atoms with van der Waals surface area (Å²) in [5, 5.41) is 5.83. The first-order chi connectivity index (χ1) is 10.8. The predicted molar refractivity (Wildman–Crippen MR) is 86.0 cm³/mol. The number of methoxy groups -OCH3 is 2. The lowest BCUT2D eigenvalue weighted by Crippen LogP contribution is -1.93. The van der Waals surface area contributed by atoms with Crippen molar-refractivity contribution in [2.75, 3.05) is 19.5 Å². The van der Waals surface area contributed by atoms with E-state index in [4.69, 9.17) is 9.47 Å². The van der Waals surface area contributed by atoms with Gasteiger partial charge in [0.2, 0.25) is 0 Å². The molecule has 2 aromatic heterocycles. The molecule has 7 heteroatoms. The number of nitrogens with one attached hydrogen (secondary N) is 1. The quantitative estimate of drug-likeness (QED) is 0.779. The lowest BCUT2D eigenvalue weighted by molar-refractivity contribution is 0.395. The highest BCUT2D eigenvalue weighted by Crippen LogP contribution is 2.35. The van der Waals surface area contributed by atoms with Crippen LogP contribution in [0.1, 0.15) is 0 Å². The van der Waals surface area contributed by atoms with Crippen LogP contribution < -0.4 is 14.8 Å². The fraction of sp³-hybridized carbons (Fsp3) is 0.133. The molecule has 22 heavy (non-hydrogen) atoms. The summed E-state index contributed by atoms with van der Waals surface area (Å²) < 4.78 is 10.6. The maximum Gasteiger partial charge on any atom is 0.188 e. The SMILES string of the molecule is COc1ccc(-c2csc(Nc3cnccn3)n2)c(OC)c1. The third-order valence-electron chi connectivity index (χ3n) is 2.99. The Morgan fingerprint density at radius 2 is 2.05 bits per heavy atom. The van der Waals surface area contributed by atoms with Gasteiger partial charge in [-0.3, -0.25) is 4.98 Å². The topological polar surface area (TPSA) is 69.2 Å². The molecule has 0 bridgehead atoms. The van der Waals surface area contributed by atoms with Gasteiger partial charge in [0.25, 0.3) is 0 Å². The molecule has 3 aromatic rings. The third-order valence-corrected chi connectivity index (χ3v) is 3.74. The Hall–Kier alpha value is -2.67. The largest absolute Gasteiger partial charge is 0.497 e. The van der Waals surface area contributed by atoms with Gasteiger partial charge in [-0.1, -0.05) is 0 Å². The van der Waals surface area contributed by atoms with Crippen molar-refractivity contribution < 1.29 is 9.47 Å². The Morgan fingerprint density at radius 1 is 1.14 bits per heavy atom. The fourth-order valence-corrected chi connectivity index (χ4v) is 2.66. The van der Waals surface area contributed by atoms with Crippen LogP contribution in [-0.2, 0) is 0 Å². The van der Waals surface area contributed by atoms with E-state index in [1.165, 1.54) is 11.3 Å². The molecule has 0 amide bonds. The first-order valence-corrected chi connectivity index (χ1v) is 7.39. The molecule has 0 spiro atoms. The summed E-state index contributed by atoms with van der Waals surface area (Å²) in [4.78, 5) is 12.7. The number of benzene rings is 1. The second-order valence-corrected chi connectivity index (χ2v) is 5.18. The molecule has 0 aliphatic carbocycles. The maximum absolute atomic E-state index is 5.41. The minimum atomic E-state index is 0.657. The Labute approximate surface area is 131 Å². The fourth-order valence-electron chi connectivity index (χ4n) is 1.94. The average Bonchev–Trinajstić information content (AvgIpc) is 3.03. The smallest absolute Gasteiger partial charge is 0.188 e. The van der Waals surface area contributed by atoms with Gasteiger partial charge in [0.05, 0.1) is 26.1 Å². The van der Waals surface area contributed by atoms with E-state index in [9.17, 15) is 0 Å². The summed E-state index contributed by atoms with van der Waals surface area (Å²) in [5.74, 6) is 2.12. The highest BCUT2D eigenvalue weighted by Gasteiger charge is 2.11. The molecule has 0 saturated heterocycles. The van der Waals surface area contributed by atoms with E-state index >= 15 is 0 Å². The van der Waals surface area contributed by atoms with Crippen molar-refractivity contribution in [1.29, 1.82) is 0 Å². The second kappa shape index (κ2) is 6.40. The Morgan fingerprint density at radius 3 is 2.77 bits per heavy atom. The normalized spacial score (nSPS) is 10.3. The van der Waals surface area contributed by atoms with Gasteiger partial charge in [-0.2, -0.15) is 0 Å². The molecule has 2 heterocycles. The number of aromatic nitrogens is 3. The zero-order valence-corrected chi connectivity index (χ0v) is 12.9. The van der Waals surface area contributed by atoms with Gasteiger partial charge in [-0.05, 0) is 12.1 Å². The molecule has 0 radical (unpaired) electrons. The van der Waals surface area contributed by atoms with Crippen LogP contribution in [0.25, 0.3) is 11.3 Å². The van der Waals surface area contributed by atoms with Gasteiger partial charge in [-0.25, -0.2) is 9.97 Å². The maximum atomic E-state index is 5.41. The van der Waals surface area contributed by atoms with E-state index in [0.29, 0.717) is 5.82 Å². The van der Waals surface area contributed by atoms with Gasteiger partial charge in [0, 0.05) is 29.4 Å². The lowest BCUT2D eigenvalue weighted by atomic mass is 10.1. The van der Waals surface area contributed by atoms with E-state index in [-0.39, 0.29) is 0 Å². The molecular weight excluding hydrogens is 300 g/mol. The molecule has 0 atom stereocenters. The zero-order chi connectivity index (χ0) is 15.4. The number of anilines is 2. The lowest BCUT2D eigenvalue weighted by Gasteiger charge is -2.08. The van der Waals surface area contributed by atoms with Crippen molar-refractivity contribution in [1.82, 2.24) is 15.0 Å². The first kappa shape index (κ1) is 14.3. The number of hydrogen-bond acceptors (Lipinski definition) is 7. The van der Waals surface area contributed by atoms with Gasteiger partial charge in [0.15, 0.2) is 10.9 Å². The summed E-state index contributed by atoms with van der Waals surface area (Å²) in [7, 11) is 3.25. The van der Waals surface area contributed by atoms with Crippen molar-refractivity contribution in [2.45, 2.75) is 0 Å². The van der Waals surface area contributed by atoms with Crippen LogP contribution >= 0.6 is 11.3 Å². The Balaban J connectivity index is 1.87. The molecule has 0 fully saturated rings. The van der Waals surface area contributed by atoms with E-state index in [1.807, 2.05) is 23.6 Å². The summed E-state index contributed by atoms with van der Waals surface area (Å²) in [6, 6.07) is 5.65. The van der Waals surface area contributed by atoms with Crippen molar-refractivity contribution in [3.8, 4) is 22.8 Å². The Kier molecular flexibility index (Phi) is 4.15. The highest BCUT2D eigenvalue weighted by molar-refractivity contribution is 7.14. The first-order valence-electron chi connectivity index (χ1n) is 6.51. The van der Waals surface area contributed by atoms with Crippen molar-refractivity contribution >= 4 is 22.3 Å². The molecule has 6 nitrogen and oxygen atoms in total. The van der Waals surface area contributed by atoms with Gasteiger partial charge >= 0.3 is 0 Å². The van der Waals surface area contributed by atoms with Crippen LogP contribution in [0.5, 0.6) is 11.5 Å². The Bertz CT molecular complexity index is 761. The van der Waals surface area contributed by atoms with Crippen molar-refractivity contribution in [2.24, 2.45) is 0 Å². The van der Waals surface area contributed by atoms with E-state index in [2.05, 4.69) is 20.3 Å². The number of hydrogen-bond donors (Lipinski definition) is 1. The van der Waals surface area contributed by atoms with E-state index in [0.717, 1.165) is 27.9 Å². The number of nitrogens with zero attached hydrogens (tertiary/aromatic N) is 3. The van der Waals surface area contributed by atoms with Gasteiger partial charge < -0.3 is 14.8 Å². The summed E-state index contributed by atoms with van der Waals surface area (Å²) in [6.45, 7) is 0. The van der Waals surface area contributed by atoms with Crippen molar-refractivity contribution in [3.63, 3.8) is 0 Å². The second-order valence-electron chi connectivity index (χ2n) is 4.32. The molecule has 0 saturated carbocycles. The highest BCUT2D eigenvalue weighted by atomic mass is 32.1. The third kappa shape index (κ3) is 2.99. The number of thiazole rings is 1. The van der Waals surface area contributed by atoms with Crippen LogP contribution in [0.15, 0.2) is 42.2 Å². The minimum Gasteiger partial charge on any atom is -0.497 e. The molecule has 0 aliphatic heterocycles. The predicted octanol–water partition coefficient (Wildman–Crippen LogP) is 3.36. The summed E-state index contributed by atoms with van der Waals surface area (Å²) in [6.07, 6.45) is 4.90. The standard InChI is InChI=1S/C15H14N4O2S/c1-20-10-3-4-11(13(7-10)21-2)12-9-22-15(18-12)19-14-8-16-5-6-17-14/h3-9H,1-2H3,(H,17,18,19). The molecule has 112 valence electrons. The molecular formula is C15H14N4O2S. The van der Waals surface area contributed by atoms with Gasteiger partial charge in [0.1, 0.15) is 11.5 Å². The molecule has 1 aromatic carbocycles. The van der Waals surface area contributed by atoms with Crippen LogP contribution in [-0.4, -0.2) is 29.2 Å². The van der Waals surface area contributed by atoms with Crippen molar-refractivity contribution in [3.05, 3.63) is 42.2 Å². The van der Waals surface area contributed by atoms with Crippen LogP contribution in [0, 0.1) is 0 Å². The molecule has 1 N–H and O–H groups in total. The number of rotatable bonds is 5. The zero-order valence-electron chi connectivity index (χ0n) is 12.1. The molecule has 0 aliphatic rings. The molecule has 3 rings (SSSR count). The molecule has 0 unspecified atom stereocenters. The van der Waals surface area contributed by atoms with Crippen LogP contribution in [0.2, 0.25) is 0 Å². The summed E-state index contributed by atoms with van der Waals surface area (Å²) in [5.41, 5.74) is 1.74. The van der Waals surface area contributed by atoms with E-state index < -0.39 is 0 Å². The number of ether oxygens (including phenoxy) is 2.